The predicted octanol–water partition coefficient (Wildman–Crippen LogP) is 0.281. The van der Waals surface area contributed by atoms with Gasteiger partial charge in [0.05, 0.1) is 14.2 Å². The van der Waals surface area contributed by atoms with E-state index in [4.69, 9.17) is 14.6 Å². The second-order valence-electron chi connectivity index (χ2n) is 6.77. The van der Waals surface area contributed by atoms with Gasteiger partial charge in [0.15, 0.2) is 11.5 Å². The van der Waals surface area contributed by atoms with Crippen LogP contribution in [0.3, 0.4) is 0 Å². The number of aliphatic hydroxyl groups excluding tert-OH is 1. The standard InChI is InChI=1S/C19H25N3O6/c1-27-15-9-12-8-14-18(25)21(6-4-17(24)20-5-3-7-23)19(26)22(14)11-13(12)10-16(15)28-2/h9-10,14,23H,3-8,11H2,1-2H3,(H,20,24)/t14-/m0/s1. The van der Waals surface area contributed by atoms with Gasteiger partial charge in [-0.05, 0) is 29.7 Å². The SMILES string of the molecule is COc1cc2c(cc1OC)CN1C(=O)N(CCC(=O)NCCCO)C(=O)[C@@H]1C2. The molecule has 2 N–H and O–H groups in total. The van der Waals surface area contributed by atoms with E-state index in [2.05, 4.69) is 5.32 Å². The molecule has 9 nitrogen and oxygen atoms in total. The number of fused-ring (bicyclic) bond motifs is 2. The van der Waals surface area contributed by atoms with Gasteiger partial charge < -0.3 is 24.8 Å². The lowest BCUT2D eigenvalue weighted by Crippen LogP contribution is -2.40. The molecule has 1 saturated heterocycles. The number of imide groups is 1. The van der Waals surface area contributed by atoms with Gasteiger partial charge in [-0.15, -0.1) is 0 Å². The third-order valence-electron chi connectivity index (χ3n) is 5.08. The van der Waals surface area contributed by atoms with Crippen molar-refractivity contribution in [3.8, 4) is 11.5 Å². The number of benzene rings is 1. The second-order valence-corrected chi connectivity index (χ2v) is 6.77. The van der Waals surface area contributed by atoms with Crippen LogP contribution in [0.2, 0.25) is 0 Å². The highest BCUT2D eigenvalue weighted by atomic mass is 16.5. The maximum Gasteiger partial charge on any atom is 0.327 e. The molecule has 0 bridgehead atoms. The van der Waals surface area contributed by atoms with E-state index in [1.54, 1.807) is 19.1 Å². The molecular formula is C19H25N3O6. The molecule has 2 aliphatic rings. The van der Waals surface area contributed by atoms with Gasteiger partial charge in [0.25, 0.3) is 5.91 Å². The fraction of sp³-hybridized carbons (Fsp3) is 0.526. The van der Waals surface area contributed by atoms with Crippen molar-refractivity contribution in [1.82, 2.24) is 15.1 Å². The number of carbonyl (C=O) groups is 3. The van der Waals surface area contributed by atoms with Crippen molar-refractivity contribution < 1.29 is 29.0 Å². The van der Waals surface area contributed by atoms with E-state index < -0.39 is 6.04 Å². The summed E-state index contributed by atoms with van der Waals surface area (Å²) in [5.41, 5.74) is 1.86. The van der Waals surface area contributed by atoms with E-state index in [1.165, 1.54) is 0 Å². The van der Waals surface area contributed by atoms with Gasteiger partial charge in [0.2, 0.25) is 5.91 Å². The number of nitrogens with one attached hydrogen (secondary N) is 1. The molecule has 1 fully saturated rings. The lowest BCUT2D eigenvalue weighted by Gasteiger charge is -2.29. The van der Waals surface area contributed by atoms with Crippen LogP contribution in [-0.4, -0.2) is 72.7 Å². The molecule has 1 atom stereocenters. The van der Waals surface area contributed by atoms with E-state index in [-0.39, 0.29) is 37.4 Å². The number of hydrogen-bond acceptors (Lipinski definition) is 6. The second kappa shape index (κ2) is 8.47. The highest BCUT2D eigenvalue weighted by Gasteiger charge is 2.47. The molecular weight excluding hydrogens is 366 g/mol. The average Bonchev–Trinajstić information content (AvgIpc) is 2.93. The first kappa shape index (κ1) is 19.9. The first-order chi connectivity index (χ1) is 13.5. The largest absolute Gasteiger partial charge is 0.493 e. The monoisotopic (exact) mass is 391 g/mol. The maximum atomic E-state index is 12.8. The Labute approximate surface area is 163 Å². The van der Waals surface area contributed by atoms with Gasteiger partial charge in [0.1, 0.15) is 6.04 Å². The summed E-state index contributed by atoms with van der Waals surface area (Å²) >= 11 is 0. The zero-order valence-electron chi connectivity index (χ0n) is 16.1. The van der Waals surface area contributed by atoms with E-state index >= 15 is 0 Å². The number of urea groups is 1. The Kier molecular flexibility index (Phi) is 6.03. The number of hydrogen-bond donors (Lipinski definition) is 2. The molecule has 1 aromatic carbocycles. The van der Waals surface area contributed by atoms with Crippen molar-refractivity contribution in [2.75, 3.05) is 33.9 Å². The van der Waals surface area contributed by atoms with Crippen molar-refractivity contribution in [2.45, 2.75) is 31.8 Å². The quantitative estimate of drug-likeness (QED) is 0.487. The van der Waals surface area contributed by atoms with E-state index in [0.717, 1.165) is 16.0 Å². The smallest absolute Gasteiger partial charge is 0.327 e. The molecule has 0 unspecified atom stereocenters. The minimum atomic E-state index is -0.560. The van der Waals surface area contributed by atoms with Crippen LogP contribution >= 0.6 is 0 Å². The topological polar surface area (TPSA) is 108 Å². The maximum absolute atomic E-state index is 12.8. The lowest BCUT2D eigenvalue weighted by molar-refractivity contribution is -0.129. The molecule has 4 amide bonds. The Morgan fingerprint density at radius 2 is 1.89 bits per heavy atom. The molecule has 152 valence electrons. The number of nitrogens with zero attached hydrogens (tertiary/aromatic N) is 2. The van der Waals surface area contributed by atoms with Crippen LogP contribution in [0.5, 0.6) is 11.5 Å². The van der Waals surface area contributed by atoms with Crippen molar-refractivity contribution in [3.05, 3.63) is 23.3 Å². The van der Waals surface area contributed by atoms with Crippen LogP contribution in [0.4, 0.5) is 4.79 Å². The number of methoxy groups -OCH3 is 2. The highest BCUT2D eigenvalue weighted by molar-refractivity contribution is 6.04. The summed E-state index contributed by atoms with van der Waals surface area (Å²) < 4.78 is 10.6. The minimum absolute atomic E-state index is 0.00382. The zero-order valence-corrected chi connectivity index (χ0v) is 16.1. The zero-order chi connectivity index (χ0) is 20.3. The molecule has 1 aromatic rings. The average molecular weight is 391 g/mol. The Hall–Kier alpha value is -2.81. The van der Waals surface area contributed by atoms with Gasteiger partial charge in [-0.25, -0.2) is 4.79 Å². The molecule has 0 radical (unpaired) electrons. The van der Waals surface area contributed by atoms with Gasteiger partial charge in [0, 0.05) is 39.1 Å². The first-order valence-corrected chi connectivity index (χ1v) is 9.23. The first-order valence-electron chi connectivity index (χ1n) is 9.23. The predicted molar refractivity (Wildman–Crippen MR) is 99.0 cm³/mol. The van der Waals surface area contributed by atoms with Crippen LogP contribution in [0.15, 0.2) is 12.1 Å². The molecule has 2 aliphatic heterocycles. The molecule has 0 saturated carbocycles. The Morgan fingerprint density at radius 3 is 2.54 bits per heavy atom. The van der Waals surface area contributed by atoms with Crippen molar-refractivity contribution in [3.63, 3.8) is 0 Å². The summed E-state index contributed by atoms with van der Waals surface area (Å²) in [4.78, 5) is 40.0. The van der Waals surface area contributed by atoms with Gasteiger partial charge in [-0.1, -0.05) is 0 Å². The molecule has 0 aliphatic carbocycles. The Morgan fingerprint density at radius 1 is 1.21 bits per heavy atom. The Bertz CT molecular complexity index is 730. The van der Waals surface area contributed by atoms with Crippen LogP contribution in [0, 0.1) is 0 Å². The number of aliphatic hydroxyl groups is 1. The van der Waals surface area contributed by atoms with E-state index in [0.29, 0.717) is 37.4 Å². The van der Waals surface area contributed by atoms with Gasteiger partial charge >= 0.3 is 6.03 Å². The fourth-order valence-electron chi connectivity index (χ4n) is 3.58. The number of ether oxygens (including phenoxy) is 2. The van der Waals surface area contributed by atoms with Crippen molar-refractivity contribution >= 4 is 17.8 Å². The summed E-state index contributed by atoms with van der Waals surface area (Å²) in [6.45, 7) is 0.712. The van der Waals surface area contributed by atoms with Crippen LogP contribution in [0.1, 0.15) is 24.0 Å². The normalized spacial score (nSPS) is 18.0. The summed E-state index contributed by atoms with van der Waals surface area (Å²) in [6, 6.07) is 2.74. The van der Waals surface area contributed by atoms with Crippen LogP contribution in [0.25, 0.3) is 0 Å². The molecule has 3 rings (SSSR count). The van der Waals surface area contributed by atoms with Crippen molar-refractivity contribution in [2.24, 2.45) is 0 Å². The molecule has 28 heavy (non-hydrogen) atoms. The number of amides is 4. The fourth-order valence-corrected chi connectivity index (χ4v) is 3.58. The Balaban J connectivity index is 1.69. The molecule has 0 spiro atoms. The summed E-state index contributed by atoms with van der Waals surface area (Å²) in [6.07, 6.45) is 0.909. The molecule has 0 aromatic heterocycles. The third kappa shape index (κ3) is 3.75. The van der Waals surface area contributed by atoms with Crippen molar-refractivity contribution in [1.29, 1.82) is 0 Å². The number of rotatable bonds is 8. The molecule has 2 heterocycles. The molecule has 9 heteroatoms. The van der Waals surface area contributed by atoms with E-state index in [9.17, 15) is 14.4 Å². The van der Waals surface area contributed by atoms with E-state index in [1.807, 2.05) is 12.1 Å². The minimum Gasteiger partial charge on any atom is -0.493 e. The van der Waals surface area contributed by atoms with Crippen LogP contribution in [-0.2, 0) is 22.6 Å². The lowest BCUT2D eigenvalue weighted by atomic mass is 9.94. The summed E-state index contributed by atoms with van der Waals surface area (Å²) in [5.74, 6) is 0.627. The van der Waals surface area contributed by atoms with Gasteiger partial charge in [-0.2, -0.15) is 0 Å². The third-order valence-corrected chi connectivity index (χ3v) is 5.08. The number of carbonyl (C=O) groups excluding carboxylic acids is 3. The summed E-state index contributed by atoms with van der Waals surface area (Å²) in [7, 11) is 3.10. The highest BCUT2D eigenvalue weighted by Crippen LogP contribution is 2.37. The van der Waals surface area contributed by atoms with Gasteiger partial charge in [-0.3, -0.25) is 14.5 Å². The summed E-state index contributed by atoms with van der Waals surface area (Å²) in [5, 5.41) is 11.4. The van der Waals surface area contributed by atoms with Crippen LogP contribution < -0.4 is 14.8 Å².